The zero-order valence-corrected chi connectivity index (χ0v) is 14.6. The fourth-order valence-electron chi connectivity index (χ4n) is 2.42. The molecule has 26 heavy (non-hydrogen) atoms. The number of nitrogen functional groups attached to an aromatic ring is 1. The van der Waals surface area contributed by atoms with E-state index in [1.165, 1.54) is 18.2 Å². The van der Waals surface area contributed by atoms with Gasteiger partial charge in [0.25, 0.3) is 0 Å². The van der Waals surface area contributed by atoms with E-state index in [1.807, 2.05) is 0 Å². The zero-order chi connectivity index (χ0) is 18.9. The highest BCUT2D eigenvalue weighted by Gasteiger charge is 2.13. The van der Waals surface area contributed by atoms with Crippen LogP contribution in [0.1, 0.15) is 0 Å². The molecule has 0 fully saturated rings. The highest BCUT2D eigenvalue weighted by Crippen LogP contribution is 2.36. The topological polar surface area (TPSA) is 69.4 Å². The van der Waals surface area contributed by atoms with Gasteiger partial charge in [-0.15, -0.1) is 0 Å². The van der Waals surface area contributed by atoms with Crippen molar-refractivity contribution in [2.24, 2.45) is 0 Å². The van der Waals surface area contributed by atoms with Crippen molar-refractivity contribution in [1.82, 2.24) is 0 Å². The maximum atomic E-state index is 13.9. The minimum atomic E-state index is -3.32. The molecular weight excluding hydrogens is 360 g/mol. The van der Waals surface area contributed by atoms with Crippen LogP contribution in [-0.4, -0.2) is 14.7 Å². The second kappa shape index (κ2) is 6.76. The molecule has 0 aromatic heterocycles. The fraction of sp³-hybridized carbons (Fsp3) is 0.0526. The van der Waals surface area contributed by atoms with Gasteiger partial charge in [0, 0.05) is 23.6 Å². The Morgan fingerprint density at radius 1 is 0.885 bits per heavy atom. The number of rotatable bonds is 4. The van der Waals surface area contributed by atoms with E-state index in [4.69, 9.17) is 10.5 Å². The van der Waals surface area contributed by atoms with Crippen LogP contribution in [0.2, 0.25) is 0 Å². The van der Waals surface area contributed by atoms with Gasteiger partial charge in [-0.3, -0.25) is 0 Å². The molecule has 0 atom stereocenters. The van der Waals surface area contributed by atoms with Crippen LogP contribution in [0.25, 0.3) is 11.1 Å². The summed E-state index contributed by atoms with van der Waals surface area (Å²) in [5.74, 6) is -1.37. The van der Waals surface area contributed by atoms with Gasteiger partial charge in [-0.25, -0.2) is 17.2 Å². The molecule has 2 N–H and O–H groups in total. The van der Waals surface area contributed by atoms with Gasteiger partial charge in [0.05, 0.1) is 4.90 Å². The predicted octanol–water partition coefficient (Wildman–Crippen LogP) is 4.41. The van der Waals surface area contributed by atoms with Gasteiger partial charge in [-0.2, -0.15) is 0 Å². The number of anilines is 1. The SMILES string of the molecule is CS(=O)(=O)c1ccc(-c2cc(N)ccc2Oc2ccc(F)cc2F)cc1. The van der Waals surface area contributed by atoms with Gasteiger partial charge >= 0.3 is 0 Å². The maximum absolute atomic E-state index is 13.9. The molecule has 0 saturated carbocycles. The van der Waals surface area contributed by atoms with E-state index in [0.717, 1.165) is 18.4 Å². The summed E-state index contributed by atoms with van der Waals surface area (Å²) in [5.41, 5.74) is 7.48. The van der Waals surface area contributed by atoms with E-state index >= 15 is 0 Å². The summed E-state index contributed by atoms with van der Waals surface area (Å²) in [6.07, 6.45) is 1.12. The molecule has 0 radical (unpaired) electrons. The molecule has 0 amide bonds. The molecule has 0 aliphatic rings. The summed E-state index contributed by atoms with van der Waals surface area (Å²) in [7, 11) is -3.32. The molecule has 0 heterocycles. The first kappa shape index (κ1) is 17.9. The largest absolute Gasteiger partial charge is 0.454 e. The first-order valence-electron chi connectivity index (χ1n) is 7.57. The van der Waals surface area contributed by atoms with E-state index in [-0.39, 0.29) is 10.6 Å². The Morgan fingerprint density at radius 3 is 2.15 bits per heavy atom. The second-order valence-electron chi connectivity index (χ2n) is 5.73. The Balaban J connectivity index is 2.03. The summed E-state index contributed by atoms with van der Waals surface area (Å²) in [4.78, 5) is 0.178. The van der Waals surface area contributed by atoms with Crippen LogP contribution >= 0.6 is 0 Å². The van der Waals surface area contributed by atoms with E-state index in [1.54, 1.807) is 30.3 Å². The summed E-state index contributed by atoms with van der Waals surface area (Å²) in [6, 6.07) is 14.0. The normalized spacial score (nSPS) is 11.3. The van der Waals surface area contributed by atoms with Crippen molar-refractivity contribution < 1.29 is 21.9 Å². The summed E-state index contributed by atoms with van der Waals surface area (Å²) in [5, 5.41) is 0. The average Bonchev–Trinajstić information content (AvgIpc) is 2.58. The van der Waals surface area contributed by atoms with E-state index < -0.39 is 21.5 Å². The summed E-state index contributed by atoms with van der Waals surface area (Å²) >= 11 is 0. The van der Waals surface area contributed by atoms with Crippen LogP contribution < -0.4 is 10.5 Å². The molecule has 0 unspecified atom stereocenters. The van der Waals surface area contributed by atoms with Gasteiger partial charge in [0.1, 0.15) is 11.6 Å². The third-order valence-corrected chi connectivity index (χ3v) is 4.84. The first-order valence-corrected chi connectivity index (χ1v) is 9.46. The van der Waals surface area contributed by atoms with Crippen LogP contribution in [0.15, 0.2) is 65.6 Å². The van der Waals surface area contributed by atoms with Crippen LogP contribution in [0.3, 0.4) is 0 Å². The minimum absolute atomic E-state index is 0.134. The molecule has 0 saturated heterocycles. The molecule has 0 bridgehead atoms. The fourth-order valence-corrected chi connectivity index (χ4v) is 3.05. The monoisotopic (exact) mass is 375 g/mol. The number of sulfone groups is 1. The molecular formula is C19H15F2NO3S. The smallest absolute Gasteiger partial charge is 0.175 e. The Labute approximate surface area is 149 Å². The quantitative estimate of drug-likeness (QED) is 0.686. The number of nitrogens with two attached hydrogens (primary N) is 1. The first-order chi connectivity index (χ1) is 12.2. The maximum Gasteiger partial charge on any atom is 0.175 e. The predicted molar refractivity (Wildman–Crippen MR) is 95.8 cm³/mol. The highest BCUT2D eigenvalue weighted by molar-refractivity contribution is 7.90. The van der Waals surface area contributed by atoms with E-state index in [2.05, 4.69) is 0 Å². The molecule has 3 aromatic carbocycles. The zero-order valence-electron chi connectivity index (χ0n) is 13.7. The second-order valence-corrected chi connectivity index (χ2v) is 7.74. The number of hydrogen-bond donors (Lipinski definition) is 1. The Morgan fingerprint density at radius 2 is 1.54 bits per heavy atom. The van der Waals surface area contributed by atoms with Crippen molar-refractivity contribution >= 4 is 15.5 Å². The number of ether oxygens (including phenoxy) is 1. The molecule has 0 aliphatic carbocycles. The lowest BCUT2D eigenvalue weighted by molar-refractivity contribution is 0.439. The van der Waals surface area contributed by atoms with Gasteiger partial charge in [-0.05, 0) is 48.0 Å². The Kier molecular flexibility index (Phi) is 4.65. The van der Waals surface area contributed by atoms with Crippen LogP contribution in [0, 0.1) is 11.6 Å². The van der Waals surface area contributed by atoms with Gasteiger partial charge in [-0.1, -0.05) is 12.1 Å². The van der Waals surface area contributed by atoms with Crippen LogP contribution in [0.4, 0.5) is 14.5 Å². The molecule has 0 aliphatic heterocycles. The lowest BCUT2D eigenvalue weighted by Gasteiger charge is -2.13. The van der Waals surface area contributed by atoms with E-state index in [0.29, 0.717) is 22.6 Å². The Hall–Kier alpha value is -2.93. The van der Waals surface area contributed by atoms with Crippen molar-refractivity contribution in [1.29, 1.82) is 0 Å². The van der Waals surface area contributed by atoms with Crippen molar-refractivity contribution in [3.8, 4) is 22.6 Å². The number of benzene rings is 3. The third kappa shape index (κ3) is 3.83. The van der Waals surface area contributed by atoms with Gasteiger partial charge in [0.2, 0.25) is 0 Å². The van der Waals surface area contributed by atoms with Crippen LogP contribution in [-0.2, 0) is 9.84 Å². The molecule has 3 aromatic rings. The van der Waals surface area contributed by atoms with Crippen molar-refractivity contribution in [2.45, 2.75) is 4.90 Å². The van der Waals surface area contributed by atoms with Crippen molar-refractivity contribution in [2.75, 3.05) is 12.0 Å². The van der Waals surface area contributed by atoms with Crippen molar-refractivity contribution in [3.05, 3.63) is 72.3 Å². The van der Waals surface area contributed by atoms with Crippen LogP contribution in [0.5, 0.6) is 11.5 Å². The number of hydrogen-bond acceptors (Lipinski definition) is 4. The highest BCUT2D eigenvalue weighted by atomic mass is 32.2. The van der Waals surface area contributed by atoms with E-state index in [9.17, 15) is 17.2 Å². The van der Waals surface area contributed by atoms with Crippen molar-refractivity contribution in [3.63, 3.8) is 0 Å². The van der Waals surface area contributed by atoms with Gasteiger partial charge in [0.15, 0.2) is 21.4 Å². The standard InChI is InChI=1S/C19H15F2NO3S/c1-26(23,24)15-6-2-12(3-7-15)16-11-14(22)5-9-18(16)25-19-8-4-13(20)10-17(19)21/h2-11H,22H2,1H3. The third-order valence-electron chi connectivity index (χ3n) is 3.71. The lowest BCUT2D eigenvalue weighted by Crippen LogP contribution is -1.97. The minimum Gasteiger partial charge on any atom is -0.454 e. The molecule has 7 heteroatoms. The Bertz CT molecular complexity index is 1060. The van der Waals surface area contributed by atoms with Gasteiger partial charge < -0.3 is 10.5 Å². The average molecular weight is 375 g/mol. The number of halogens is 2. The molecule has 0 spiro atoms. The lowest BCUT2D eigenvalue weighted by atomic mass is 10.0. The summed E-state index contributed by atoms with van der Waals surface area (Å²) in [6.45, 7) is 0. The molecule has 4 nitrogen and oxygen atoms in total. The summed E-state index contributed by atoms with van der Waals surface area (Å²) < 4.78 is 55.7. The molecule has 134 valence electrons. The molecule has 3 rings (SSSR count).